The van der Waals surface area contributed by atoms with E-state index in [-0.39, 0.29) is 24.0 Å². The molecule has 1 atom stereocenters. The first-order chi connectivity index (χ1) is 10.5. The monoisotopic (exact) mass is 305 g/mol. The van der Waals surface area contributed by atoms with Crippen molar-refractivity contribution < 1.29 is 14.3 Å². The lowest BCUT2D eigenvalue weighted by Gasteiger charge is -2.12. The summed E-state index contributed by atoms with van der Waals surface area (Å²) in [4.78, 5) is 23.4. The number of amides is 3. The van der Waals surface area contributed by atoms with Crippen LogP contribution in [0.5, 0.6) is 0 Å². The number of benzene rings is 1. The molecule has 1 fully saturated rings. The lowest BCUT2D eigenvalue weighted by molar-refractivity contribution is -0.118. The fourth-order valence-electron chi connectivity index (χ4n) is 2.11. The van der Waals surface area contributed by atoms with E-state index in [1.165, 1.54) is 0 Å². The first kappa shape index (κ1) is 16.3. The van der Waals surface area contributed by atoms with Crippen molar-refractivity contribution in [1.82, 2.24) is 5.32 Å². The molecule has 0 radical (unpaired) electrons. The average Bonchev–Trinajstić information content (AvgIpc) is 3.00. The summed E-state index contributed by atoms with van der Waals surface area (Å²) in [7, 11) is 0. The number of ether oxygens (including phenoxy) is 1. The van der Waals surface area contributed by atoms with Crippen LogP contribution >= 0.6 is 0 Å². The SMILES string of the molecule is CC(C)C(=O)Nc1ccc(NC(=O)NC[C@@H]2CCCO2)cc1. The van der Waals surface area contributed by atoms with Crippen molar-refractivity contribution in [3.8, 4) is 0 Å². The molecule has 0 aliphatic carbocycles. The first-order valence-corrected chi connectivity index (χ1v) is 7.62. The minimum absolute atomic E-state index is 0.0324. The zero-order chi connectivity index (χ0) is 15.9. The maximum atomic E-state index is 11.8. The molecule has 0 bridgehead atoms. The van der Waals surface area contributed by atoms with Crippen molar-refractivity contribution >= 4 is 23.3 Å². The van der Waals surface area contributed by atoms with Crippen LogP contribution in [0.1, 0.15) is 26.7 Å². The van der Waals surface area contributed by atoms with Crippen molar-refractivity contribution in [2.45, 2.75) is 32.8 Å². The highest BCUT2D eigenvalue weighted by molar-refractivity contribution is 5.93. The Morgan fingerprint density at radius 1 is 1.18 bits per heavy atom. The summed E-state index contributed by atoms with van der Waals surface area (Å²) in [6.45, 7) is 4.97. The number of carbonyl (C=O) groups excluding carboxylic acids is 2. The Bertz CT molecular complexity index is 508. The molecule has 6 heteroatoms. The molecule has 3 amide bonds. The summed E-state index contributed by atoms with van der Waals surface area (Å²) in [5, 5.41) is 8.34. The molecule has 0 saturated carbocycles. The number of carbonyl (C=O) groups is 2. The van der Waals surface area contributed by atoms with E-state index < -0.39 is 0 Å². The van der Waals surface area contributed by atoms with Gasteiger partial charge in [0.05, 0.1) is 6.10 Å². The average molecular weight is 305 g/mol. The van der Waals surface area contributed by atoms with Crippen molar-refractivity contribution in [1.29, 1.82) is 0 Å². The smallest absolute Gasteiger partial charge is 0.319 e. The number of urea groups is 1. The maximum absolute atomic E-state index is 11.8. The van der Waals surface area contributed by atoms with Gasteiger partial charge in [-0.05, 0) is 37.1 Å². The van der Waals surface area contributed by atoms with E-state index in [1.807, 2.05) is 13.8 Å². The number of nitrogens with one attached hydrogen (secondary N) is 3. The lowest BCUT2D eigenvalue weighted by Crippen LogP contribution is -2.35. The van der Waals surface area contributed by atoms with Crippen LogP contribution in [0.3, 0.4) is 0 Å². The third kappa shape index (κ3) is 5.04. The van der Waals surface area contributed by atoms with Gasteiger partial charge in [0.25, 0.3) is 0 Å². The maximum Gasteiger partial charge on any atom is 0.319 e. The molecule has 1 saturated heterocycles. The minimum Gasteiger partial charge on any atom is -0.376 e. The number of anilines is 2. The molecule has 1 aliphatic rings. The molecular weight excluding hydrogens is 282 g/mol. The van der Waals surface area contributed by atoms with Crippen LogP contribution in [-0.2, 0) is 9.53 Å². The van der Waals surface area contributed by atoms with Crippen LogP contribution < -0.4 is 16.0 Å². The highest BCUT2D eigenvalue weighted by atomic mass is 16.5. The largest absolute Gasteiger partial charge is 0.376 e. The predicted octanol–water partition coefficient (Wildman–Crippen LogP) is 2.58. The molecular formula is C16H23N3O3. The van der Waals surface area contributed by atoms with E-state index in [0.29, 0.717) is 17.9 Å². The molecule has 2 rings (SSSR count). The van der Waals surface area contributed by atoms with Crippen molar-refractivity contribution in [3.05, 3.63) is 24.3 Å². The quantitative estimate of drug-likeness (QED) is 0.782. The fraction of sp³-hybridized carbons (Fsp3) is 0.500. The topological polar surface area (TPSA) is 79.5 Å². The standard InChI is InChI=1S/C16H23N3O3/c1-11(2)15(20)18-12-5-7-13(8-6-12)19-16(21)17-10-14-4-3-9-22-14/h5-8,11,14H,3-4,9-10H2,1-2H3,(H,18,20)(H2,17,19,21)/t14-/m0/s1. The van der Waals surface area contributed by atoms with Gasteiger partial charge >= 0.3 is 6.03 Å². The van der Waals surface area contributed by atoms with Gasteiger partial charge in [0, 0.05) is 30.4 Å². The number of hydrogen-bond acceptors (Lipinski definition) is 3. The lowest BCUT2D eigenvalue weighted by atomic mass is 10.2. The van der Waals surface area contributed by atoms with Gasteiger partial charge in [0.2, 0.25) is 5.91 Å². The zero-order valence-electron chi connectivity index (χ0n) is 13.0. The van der Waals surface area contributed by atoms with Gasteiger partial charge in [-0.1, -0.05) is 13.8 Å². The summed E-state index contributed by atoms with van der Waals surface area (Å²) in [6, 6.07) is 6.77. The van der Waals surface area contributed by atoms with Gasteiger partial charge in [-0.2, -0.15) is 0 Å². The van der Waals surface area contributed by atoms with Crippen molar-refractivity contribution in [3.63, 3.8) is 0 Å². The van der Waals surface area contributed by atoms with Crippen LogP contribution in [0, 0.1) is 5.92 Å². The Morgan fingerprint density at radius 2 is 1.82 bits per heavy atom. The van der Waals surface area contributed by atoms with Crippen LogP contribution in [0.15, 0.2) is 24.3 Å². The molecule has 1 aliphatic heterocycles. The van der Waals surface area contributed by atoms with Crippen LogP contribution in [0.4, 0.5) is 16.2 Å². The van der Waals surface area contributed by atoms with Gasteiger partial charge < -0.3 is 20.7 Å². The third-order valence-electron chi connectivity index (χ3n) is 3.45. The van der Waals surface area contributed by atoms with E-state index in [2.05, 4.69) is 16.0 Å². The molecule has 1 aromatic carbocycles. The molecule has 1 aromatic rings. The van der Waals surface area contributed by atoms with E-state index in [0.717, 1.165) is 19.4 Å². The summed E-state index contributed by atoms with van der Waals surface area (Å²) in [5.74, 6) is -0.101. The first-order valence-electron chi connectivity index (χ1n) is 7.62. The van der Waals surface area contributed by atoms with Crippen molar-refractivity contribution in [2.24, 2.45) is 5.92 Å². The van der Waals surface area contributed by atoms with Gasteiger partial charge in [-0.3, -0.25) is 4.79 Å². The molecule has 3 N–H and O–H groups in total. The van der Waals surface area contributed by atoms with E-state index in [4.69, 9.17) is 4.74 Å². The molecule has 1 heterocycles. The molecule has 0 unspecified atom stereocenters. The molecule has 6 nitrogen and oxygen atoms in total. The summed E-state index contributed by atoms with van der Waals surface area (Å²) in [6.07, 6.45) is 2.17. The molecule has 120 valence electrons. The third-order valence-corrected chi connectivity index (χ3v) is 3.45. The minimum atomic E-state index is -0.255. The second kappa shape index (κ2) is 7.79. The second-order valence-electron chi connectivity index (χ2n) is 5.69. The summed E-state index contributed by atoms with van der Waals surface area (Å²) >= 11 is 0. The Hall–Kier alpha value is -2.08. The predicted molar refractivity (Wildman–Crippen MR) is 85.9 cm³/mol. The second-order valence-corrected chi connectivity index (χ2v) is 5.69. The number of hydrogen-bond donors (Lipinski definition) is 3. The van der Waals surface area contributed by atoms with Crippen LogP contribution in [-0.4, -0.2) is 31.2 Å². The van der Waals surface area contributed by atoms with Crippen LogP contribution in [0.2, 0.25) is 0 Å². The Balaban J connectivity index is 1.77. The molecule has 0 aromatic heterocycles. The van der Waals surface area contributed by atoms with Gasteiger partial charge in [0.15, 0.2) is 0 Å². The van der Waals surface area contributed by atoms with E-state index >= 15 is 0 Å². The van der Waals surface area contributed by atoms with Gasteiger partial charge in [-0.15, -0.1) is 0 Å². The van der Waals surface area contributed by atoms with Gasteiger partial charge in [-0.25, -0.2) is 4.79 Å². The Labute approximate surface area is 130 Å². The van der Waals surface area contributed by atoms with Crippen LogP contribution in [0.25, 0.3) is 0 Å². The van der Waals surface area contributed by atoms with Crippen molar-refractivity contribution in [2.75, 3.05) is 23.8 Å². The summed E-state index contributed by atoms with van der Waals surface area (Å²) < 4.78 is 5.44. The normalized spacial score (nSPS) is 17.3. The molecule has 0 spiro atoms. The highest BCUT2D eigenvalue weighted by Gasteiger charge is 2.16. The van der Waals surface area contributed by atoms with Gasteiger partial charge in [0.1, 0.15) is 0 Å². The van der Waals surface area contributed by atoms with E-state index in [9.17, 15) is 9.59 Å². The fourth-order valence-corrected chi connectivity index (χ4v) is 2.11. The zero-order valence-corrected chi connectivity index (χ0v) is 13.0. The Kier molecular flexibility index (Phi) is 5.77. The number of rotatable bonds is 5. The Morgan fingerprint density at radius 3 is 2.36 bits per heavy atom. The highest BCUT2D eigenvalue weighted by Crippen LogP contribution is 2.14. The molecule has 22 heavy (non-hydrogen) atoms. The summed E-state index contributed by atoms with van der Waals surface area (Å²) in [5.41, 5.74) is 1.39. The van der Waals surface area contributed by atoms with E-state index in [1.54, 1.807) is 24.3 Å².